The van der Waals surface area contributed by atoms with Gasteiger partial charge in [-0.2, -0.15) is 0 Å². The molecule has 2 aromatic carbocycles. The number of fused-ring (bicyclic) bond motifs is 1. The van der Waals surface area contributed by atoms with Crippen LogP contribution in [0.2, 0.25) is 0 Å². The Labute approximate surface area is 244 Å². The molecule has 0 radical (unpaired) electrons. The Hall–Kier alpha value is -3.60. The number of para-hydroxylation sites is 1. The molecule has 2 amide bonds. The zero-order chi connectivity index (χ0) is 28.8. The molecule has 41 heavy (non-hydrogen) atoms. The maximum absolute atomic E-state index is 13.4. The first kappa shape index (κ1) is 28.9. The monoisotopic (exact) mass is 574 g/mol. The van der Waals surface area contributed by atoms with Crippen molar-refractivity contribution in [2.75, 3.05) is 32.1 Å². The second kappa shape index (κ2) is 13.4. The Morgan fingerprint density at radius 3 is 2.76 bits per heavy atom. The average molecular weight is 575 g/mol. The van der Waals surface area contributed by atoms with Gasteiger partial charge in [0.05, 0.1) is 0 Å². The third-order valence-corrected chi connectivity index (χ3v) is 8.41. The lowest BCUT2D eigenvalue weighted by molar-refractivity contribution is -0.132. The molecule has 0 spiro atoms. The number of benzene rings is 2. The van der Waals surface area contributed by atoms with Gasteiger partial charge in [0.2, 0.25) is 5.91 Å². The van der Waals surface area contributed by atoms with E-state index < -0.39 is 0 Å². The van der Waals surface area contributed by atoms with Gasteiger partial charge in [0, 0.05) is 79.4 Å². The van der Waals surface area contributed by atoms with Crippen LogP contribution in [0.1, 0.15) is 58.9 Å². The van der Waals surface area contributed by atoms with E-state index in [-0.39, 0.29) is 17.9 Å². The molecule has 2 aromatic heterocycles. The summed E-state index contributed by atoms with van der Waals surface area (Å²) < 4.78 is 11.5. The summed E-state index contributed by atoms with van der Waals surface area (Å²) in [6, 6.07) is 15.8. The van der Waals surface area contributed by atoms with Crippen LogP contribution in [0.25, 0.3) is 10.9 Å². The third-order valence-electron chi connectivity index (χ3n) is 7.90. The lowest BCUT2D eigenvalue weighted by atomic mass is 9.91. The van der Waals surface area contributed by atoms with Crippen molar-refractivity contribution in [2.45, 2.75) is 57.5 Å². The summed E-state index contributed by atoms with van der Waals surface area (Å²) in [7, 11) is 1.74. The highest BCUT2D eigenvalue weighted by Gasteiger charge is 2.29. The van der Waals surface area contributed by atoms with Crippen molar-refractivity contribution < 1.29 is 14.3 Å². The number of aromatic nitrogens is 3. The number of methoxy groups -OCH3 is 1. The van der Waals surface area contributed by atoms with Gasteiger partial charge in [0.15, 0.2) is 5.69 Å². The molecule has 4 aromatic rings. The molecule has 0 aliphatic carbocycles. The van der Waals surface area contributed by atoms with Crippen molar-refractivity contribution in [2.24, 2.45) is 5.73 Å². The number of likely N-dealkylation sites (tertiary alicyclic amines) is 1. The van der Waals surface area contributed by atoms with Crippen molar-refractivity contribution in [1.82, 2.24) is 19.1 Å². The quantitative estimate of drug-likeness (QED) is 0.250. The van der Waals surface area contributed by atoms with E-state index in [0.717, 1.165) is 62.6 Å². The van der Waals surface area contributed by atoms with Gasteiger partial charge in [-0.3, -0.25) is 9.59 Å². The fraction of sp³-hybridized carbons (Fsp3) is 0.419. The molecule has 0 saturated carbocycles. The molecule has 2 atom stereocenters. The standard InChI is InChI=1S/C31H38N6O3S/c1-21-26-8-3-4-9-28(26)37(15-6-16-40-2)30(21)23-7-5-14-36(19-23)29(38)18-24(32)17-22-10-12-25(13-11-22)33-31(39)27-20-41-35-34-27/h3-4,8-13,20,23-24H,5-7,14-19,32H2,1-2H3,(H,33,39)/t23?,24-/m1/s1. The molecule has 5 rings (SSSR count). The molecule has 1 saturated heterocycles. The number of carbonyl (C=O) groups is 2. The average Bonchev–Trinajstić information content (AvgIpc) is 3.62. The number of hydrogen-bond donors (Lipinski definition) is 2. The van der Waals surface area contributed by atoms with E-state index in [1.54, 1.807) is 12.5 Å². The first-order valence-electron chi connectivity index (χ1n) is 14.2. The SMILES string of the molecule is COCCCn1c(C2CCCN(C(=O)C[C@H](N)Cc3ccc(NC(=O)c4csnn4)cc3)C2)c(C)c2ccccc21. The summed E-state index contributed by atoms with van der Waals surface area (Å²) in [6.07, 6.45) is 3.88. The highest BCUT2D eigenvalue weighted by Crippen LogP contribution is 2.36. The maximum Gasteiger partial charge on any atom is 0.277 e. The van der Waals surface area contributed by atoms with Crippen molar-refractivity contribution >= 4 is 39.9 Å². The van der Waals surface area contributed by atoms with Crippen LogP contribution in [0.5, 0.6) is 0 Å². The van der Waals surface area contributed by atoms with E-state index in [4.69, 9.17) is 10.5 Å². The summed E-state index contributed by atoms with van der Waals surface area (Å²) in [6.45, 7) is 5.33. The van der Waals surface area contributed by atoms with E-state index in [1.807, 2.05) is 29.2 Å². The predicted octanol–water partition coefficient (Wildman–Crippen LogP) is 4.76. The van der Waals surface area contributed by atoms with Gasteiger partial charge in [-0.25, -0.2) is 0 Å². The van der Waals surface area contributed by atoms with Crippen LogP contribution in [0, 0.1) is 6.92 Å². The molecule has 3 N–H and O–H groups in total. The van der Waals surface area contributed by atoms with Crippen molar-refractivity contribution in [1.29, 1.82) is 0 Å². The first-order valence-corrected chi connectivity index (χ1v) is 15.1. The van der Waals surface area contributed by atoms with Crippen LogP contribution < -0.4 is 11.1 Å². The molecular weight excluding hydrogens is 536 g/mol. The smallest absolute Gasteiger partial charge is 0.277 e. The minimum atomic E-state index is -0.292. The zero-order valence-corrected chi connectivity index (χ0v) is 24.5. The van der Waals surface area contributed by atoms with Crippen LogP contribution in [0.3, 0.4) is 0 Å². The highest BCUT2D eigenvalue weighted by molar-refractivity contribution is 7.03. The van der Waals surface area contributed by atoms with E-state index in [0.29, 0.717) is 30.1 Å². The summed E-state index contributed by atoms with van der Waals surface area (Å²) in [5.41, 5.74) is 12.4. The number of nitrogens with two attached hydrogens (primary N) is 1. The molecule has 10 heteroatoms. The Balaban J connectivity index is 1.20. The number of nitrogens with zero attached hydrogens (tertiary/aromatic N) is 4. The molecule has 1 unspecified atom stereocenters. The van der Waals surface area contributed by atoms with Crippen LogP contribution in [0.4, 0.5) is 5.69 Å². The zero-order valence-electron chi connectivity index (χ0n) is 23.7. The lowest BCUT2D eigenvalue weighted by Gasteiger charge is -2.34. The predicted molar refractivity (Wildman–Crippen MR) is 162 cm³/mol. The third kappa shape index (κ3) is 6.83. The number of piperidine rings is 1. The second-order valence-corrected chi connectivity index (χ2v) is 11.4. The minimum Gasteiger partial charge on any atom is -0.385 e. The minimum absolute atomic E-state index is 0.114. The van der Waals surface area contributed by atoms with Crippen molar-refractivity contribution in [3.63, 3.8) is 0 Å². The van der Waals surface area contributed by atoms with E-state index in [2.05, 4.69) is 50.7 Å². The van der Waals surface area contributed by atoms with Gasteiger partial charge in [-0.05, 0) is 73.5 Å². The number of ether oxygens (including phenoxy) is 1. The van der Waals surface area contributed by atoms with Gasteiger partial charge >= 0.3 is 0 Å². The molecule has 1 fully saturated rings. The number of carbonyl (C=O) groups excluding carboxylic acids is 2. The molecule has 0 bridgehead atoms. The van der Waals surface area contributed by atoms with E-state index in [1.165, 1.54) is 22.2 Å². The topological polar surface area (TPSA) is 115 Å². The Kier molecular flexibility index (Phi) is 9.43. The summed E-state index contributed by atoms with van der Waals surface area (Å²) in [5, 5.41) is 9.50. The van der Waals surface area contributed by atoms with Gasteiger partial charge < -0.3 is 25.3 Å². The molecular formula is C31H38N6O3S. The normalized spacial score (nSPS) is 16.2. The number of amides is 2. The van der Waals surface area contributed by atoms with E-state index >= 15 is 0 Å². The fourth-order valence-electron chi connectivity index (χ4n) is 5.97. The van der Waals surface area contributed by atoms with Crippen LogP contribution in [0.15, 0.2) is 53.9 Å². The summed E-state index contributed by atoms with van der Waals surface area (Å²) in [4.78, 5) is 27.6. The summed E-state index contributed by atoms with van der Waals surface area (Å²) >= 11 is 1.13. The van der Waals surface area contributed by atoms with Crippen LogP contribution >= 0.6 is 11.5 Å². The number of hydrogen-bond acceptors (Lipinski definition) is 7. The van der Waals surface area contributed by atoms with Gasteiger partial charge in [-0.1, -0.05) is 34.8 Å². The van der Waals surface area contributed by atoms with Crippen molar-refractivity contribution in [3.8, 4) is 0 Å². The van der Waals surface area contributed by atoms with Gasteiger partial charge in [0.25, 0.3) is 5.91 Å². The van der Waals surface area contributed by atoms with E-state index in [9.17, 15) is 9.59 Å². The number of rotatable bonds is 11. The second-order valence-electron chi connectivity index (χ2n) is 10.8. The number of nitrogens with one attached hydrogen (secondary N) is 1. The first-order chi connectivity index (χ1) is 19.9. The highest BCUT2D eigenvalue weighted by atomic mass is 32.1. The van der Waals surface area contributed by atoms with Crippen LogP contribution in [-0.4, -0.2) is 63.7 Å². The fourth-order valence-corrected chi connectivity index (χ4v) is 6.41. The van der Waals surface area contributed by atoms with Gasteiger partial charge in [-0.15, -0.1) is 5.10 Å². The molecule has 1 aliphatic rings. The molecule has 9 nitrogen and oxygen atoms in total. The molecule has 216 valence electrons. The number of aryl methyl sites for hydroxylation is 2. The Morgan fingerprint density at radius 2 is 2.00 bits per heavy atom. The Morgan fingerprint density at radius 1 is 1.20 bits per heavy atom. The lowest BCUT2D eigenvalue weighted by Crippen LogP contribution is -2.42. The molecule has 1 aliphatic heterocycles. The maximum atomic E-state index is 13.4. The largest absolute Gasteiger partial charge is 0.385 e. The van der Waals surface area contributed by atoms with Gasteiger partial charge in [0.1, 0.15) is 0 Å². The molecule has 3 heterocycles. The van der Waals surface area contributed by atoms with Crippen molar-refractivity contribution in [3.05, 3.63) is 76.4 Å². The number of anilines is 1. The van der Waals surface area contributed by atoms with Crippen LogP contribution in [-0.2, 0) is 22.5 Å². The Bertz CT molecular complexity index is 1470. The summed E-state index contributed by atoms with van der Waals surface area (Å²) in [5.74, 6) is 0.114.